The highest BCUT2D eigenvalue weighted by atomic mass is 32.2. The van der Waals surface area contributed by atoms with Gasteiger partial charge in [0.15, 0.2) is 0 Å². The Kier molecular flexibility index (Phi) is 5.37. The molecule has 166 valence electrons. The third-order valence-electron chi connectivity index (χ3n) is 4.87. The summed E-state index contributed by atoms with van der Waals surface area (Å²) in [4.78, 5) is 2.89. The number of aromatic nitrogens is 4. The topological polar surface area (TPSA) is 90.9 Å². The van der Waals surface area contributed by atoms with E-state index in [0.717, 1.165) is 35.3 Å². The van der Waals surface area contributed by atoms with Crippen molar-refractivity contribution in [1.29, 1.82) is 0 Å². The van der Waals surface area contributed by atoms with Gasteiger partial charge in [-0.3, -0.25) is 4.68 Å². The lowest BCUT2D eigenvalue weighted by Gasteiger charge is -2.10. The van der Waals surface area contributed by atoms with Crippen molar-refractivity contribution in [2.75, 3.05) is 0 Å². The summed E-state index contributed by atoms with van der Waals surface area (Å²) in [6.45, 7) is 4.23. The largest absolute Gasteiger partial charge is 0.501 e. The molecule has 0 atom stereocenters. The van der Waals surface area contributed by atoms with Crippen LogP contribution in [0.25, 0.3) is 22.6 Å². The summed E-state index contributed by atoms with van der Waals surface area (Å²) in [5, 5.41) is 8.09. The van der Waals surface area contributed by atoms with Crippen molar-refractivity contribution in [2.45, 2.75) is 30.8 Å². The number of halogens is 3. The summed E-state index contributed by atoms with van der Waals surface area (Å²) in [6.07, 6.45) is 1.00. The van der Waals surface area contributed by atoms with Crippen LogP contribution in [0.15, 0.2) is 64.3 Å². The summed E-state index contributed by atoms with van der Waals surface area (Å²) >= 11 is 0. The fraction of sp³-hybridized carbons (Fsp3) is 0.190. The Morgan fingerprint density at radius 1 is 1.00 bits per heavy atom. The zero-order valence-corrected chi connectivity index (χ0v) is 17.8. The standard InChI is InChI=1S/C21H17F3N4O3S/c1-13-3-5-15(6-4-13)11-28-14(2)7-19(26-28)16-8-17(20-25-12-31-27-20)10-18(9-16)32(29,30)21(22,23)24/h3-10,12H,11H2,1-2H3. The molecule has 0 bridgehead atoms. The van der Waals surface area contributed by atoms with Crippen molar-refractivity contribution >= 4 is 9.84 Å². The summed E-state index contributed by atoms with van der Waals surface area (Å²) in [5.41, 5.74) is -2.03. The molecule has 11 heteroatoms. The number of rotatable bonds is 5. The van der Waals surface area contributed by atoms with E-state index in [9.17, 15) is 21.6 Å². The van der Waals surface area contributed by atoms with Crippen molar-refractivity contribution in [3.05, 3.63) is 71.7 Å². The van der Waals surface area contributed by atoms with Crippen LogP contribution >= 0.6 is 0 Å². The zero-order chi connectivity index (χ0) is 23.1. The van der Waals surface area contributed by atoms with Gasteiger partial charge in [0.25, 0.3) is 9.84 Å². The van der Waals surface area contributed by atoms with Crippen molar-refractivity contribution < 1.29 is 26.1 Å². The first-order valence-corrected chi connectivity index (χ1v) is 10.9. The van der Waals surface area contributed by atoms with Crippen molar-refractivity contribution in [2.24, 2.45) is 0 Å². The minimum Gasteiger partial charge on any atom is -0.342 e. The van der Waals surface area contributed by atoms with Crippen LogP contribution in [0, 0.1) is 13.8 Å². The van der Waals surface area contributed by atoms with Crippen LogP contribution in [0.1, 0.15) is 16.8 Å². The first-order chi connectivity index (χ1) is 15.0. The highest BCUT2D eigenvalue weighted by Gasteiger charge is 2.47. The number of hydrogen-bond acceptors (Lipinski definition) is 6. The van der Waals surface area contributed by atoms with Crippen molar-refractivity contribution in [3.63, 3.8) is 0 Å². The molecule has 0 aliphatic rings. The van der Waals surface area contributed by atoms with E-state index in [0.29, 0.717) is 12.2 Å². The molecular formula is C21H17F3N4O3S. The van der Waals surface area contributed by atoms with Gasteiger partial charge < -0.3 is 4.52 Å². The fourth-order valence-corrected chi connectivity index (χ4v) is 3.97. The molecule has 0 spiro atoms. The van der Waals surface area contributed by atoms with Crippen LogP contribution in [0.3, 0.4) is 0 Å². The SMILES string of the molecule is Cc1ccc(Cn2nc(-c3cc(-c4ncon4)cc(S(=O)(=O)C(F)(F)F)c3)cc2C)cc1. The van der Waals surface area contributed by atoms with Gasteiger partial charge in [0.05, 0.1) is 17.1 Å². The van der Waals surface area contributed by atoms with Gasteiger partial charge in [-0.1, -0.05) is 35.0 Å². The third-order valence-corrected chi connectivity index (χ3v) is 6.34. The fourth-order valence-electron chi connectivity index (χ4n) is 3.14. The van der Waals surface area contributed by atoms with Crippen LogP contribution in [0.2, 0.25) is 0 Å². The summed E-state index contributed by atoms with van der Waals surface area (Å²) in [5.74, 6) is -0.0405. The van der Waals surface area contributed by atoms with E-state index in [1.807, 2.05) is 31.2 Å². The molecule has 0 N–H and O–H groups in total. The van der Waals surface area contributed by atoms with Crippen LogP contribution in [-0.2, 0) is 16.4 Å². The highest BCUT2D eigenvalue weighted by molar-refractivity contribution is 7.92. The predicted octanol–water partition coefficient (Wildman–Crippen LogP) is 4.56. The van der Waals surface area contributed by atoms with Gasteiger partial charge in [-0.25, -0.2) is 8.42 Å². The second kappa shape index (κ2) is 7.90. The smallest absolute Gasteiger partial charge is 0.342 e. The molecular weight excluding hydrogens is 445 g/mol. The lowest BCUT2D eigenvalue weighted by Crippen LogP contribution is -2.23. The summed E-state index contributed by atoms with van der Waals surface area (Å²) < 4.78 is 70.1. The molecule has 4 rings (SSSR count). The van der Waals surface area contributed by atoms with Crippen LogP contribution in [-0.4, -0.2) is 33.8 Å². The van der Waals surface area contributed by atoms with E-state index in [4.69, 9.17) is 0 Å². The highest BCUT2D eigenvalue weighted by Crippen LogP contribution is 2.35. The minimum atomic E-state index is -5.60. The second-order valence-corrected chi connectivity index (χ2v) is 9.21. The van der Waals surface area contributed by atoms with Gasteiger partial charge in [-0.05, 0) is 43.7 Å². The quantitative estimate of drug-likeness (QED) is 0.432. The number of hydrogen-bond donors (Lipinski definition) is 0. The molecule has 0 fully saturated rings. The van der Waals surface area contributed by atoms with Gasteiger partial charge in [-0.2, -0.15) is 23.3 Å². The molecule has 2 heterocycles. The maximum Gasteiger partial charge on any atom is 0.501 e. The average Bonchev–Trinajstić information content (AvgIpc) is 3.39. The first-order valence-electron chi connectivity index (χ1n) is 9.38. The van der Waals surface area contributed by atoms with E-state index in [2.05, 4.69) is 19.8 Å². The van der Waals surface area contributed by atoms with Crippen molar-refractivity contribution in [3.8, 4) is 22.6 Å². The van der Waals surface area contributed by atoms with Crippen LogP contribution in [0.5, 0.6) is 0 Å². The number of benzene rings is 2. The Labute approximate surface area is 181 Å². The van der Waals surface area contributed by atoms with Gasteiger partial charge >= 0.3 is 5.51 Å². The Balaban J connectivity index is 1.80. The number of sulfone groups is 1. The van der Waals surface area contributed by atoms with Gasteiger partial charge in [0.2, 0.25) is 12.2 Å². The molecule has 2 aromatic carbocycles. The lowest BCUT2D eigenvalue weighted by atomic mass is 10.1. The Bertz CT molecular complexity index is 1360. The van der Waals surface area contributed by atoms with E-state index in [-0.39, 0.29) is 17.0 Å². The number of nitrogens with zero attached hydrogens (tertiary/aromatic N) is 4. The maximum absolute atomic E-state index is 13.2. The molecule has 0 amide bonds. The molecule has 0 saturated carbocycles. The first kappa shape index (κ1) is 21.8. The number of aryl methyl sites for hydroxylation is 2. The predicted molar refractivity (Wildman–Crippen MR) is 109 cm³/mol. The Morgan fingerprint density at radius 3 is 2.31 bits per heavy atom. The molecule has 0 radical (unpaired) electrons. The van der Waals surface area contributed by atoms with Gasteiger partial charge in [-0.15, -0.1) is 0 Å². The molecule has 0 saturated heterocycles. The molecule has 32 heavy (non-hydrogen) atoms. The normalized spacial score (nSPS) is 12.3. The van der Waals surface area contributed by atoms with E-state index < -0.39 is 20.2 Å². The molecule has 0 unspecified atom stereocenters. The second-order valence-electron chi connectivity index (χ2n) is 7.26. The molecule has 2 aromatic heterocycles. The maximum atomic E-state index is 13.2. The van der Waals surface area contributed by atoms with E-state index in [1.165, 1.54) is 6.07 Å². The van der Waals surface area contributed by atoms with Crippen molar-refractivity contribution in [1.82, 2.24) is 19.9 Å². The Hall–Kier alpha value is -3.47. The summed E-state index contributed by atoms with van der Waals surface area (Å²) in [7, 11) is -5.60. The van der Waals surface area contributed by atoms with E-state index in [1.54, 1.807) is 17.7 Å². The lowest BCUT2D eigenvalue weighted by molar-refractivity contribution is -0.0435. The molecule has 7 nitrogen and oxygen atoms in total. The van der Waals surface area contributed by atoms with Crippen LogP contribution < -0.4 is 0 Å². The number of alkyl halides is 3. The minimum absolute atomic E-state index is 0.0405. The van der Waals surface area contributed by atoms with E-state index >= 15 is 0 Å². The molecule has 0 aliphatic heterocycles. The average molecular weight is 462 g/mol. The zero-order valence-electron chi connectivity index (χ0n) is 17.0. The van der Waals surface area contributed by atoms with Gasteiger partial charge in [0.1, 0.15) is 0 Å². The molecule has 0 aliphatic carbocycles. The van der Waals surface area contributed by atoms with Gasteiger partial charge in [0, 0.05) is 16.8 Å². The monoisotopic (exact) mass is 462 g/mol. The summed E-state index contributed by atoms with van der Waals surface area (Å²) in [6, 6.07) is 12.8. The molecule has 4 aromatic rings. The Morgan fingerprint density at radius 2 is 1.69 bits per heavy atom. The third kappa shape index (κ3) is 4.15. The van der Waals surface area contributed by atoms with Crippen LogP contribution in [0.4, 0.5) is 13.2 Å².